The summed E-state index contributed by atoms with van der Waals surface area (Å²) in [7, 11) is 0. The number of para-hydroxylation sites is 1. The summed E-state index contributed by atoms with van der Waals surface area (Å²) in [6.07, 6.45) is 4.98. The van der Waals surface area contributed by atoms with E-state index in [9.17, 15) is 24.0 Å². The maximum absolute atomic E-state index is 11.5. The molecule has 0 saturated heterocycles. The molecule has 0 aliphatic carbocycles. The van der Waals surface area contributed by atoms with Crippen molar-refractivity contribution < 1.29 is 44.4 Å². The zero-order valence-electron chi connectivity index (χ0n) is 21.1. The molecule has 0 aliphatic heterocycles. The summed E-state index contributed by atoms with van der Waals surface area (Å²) in [5.41, 5.74) is 18.1. The van der Waals surface area contributed by atoms with Crippen molar-refractivity contribution in [2.75, 3.05) is 0 Å². The first kappa shape index (κ1) is 32.4. The topological polar surface area (TPSA) is 278 Å². The number of hydrogen-bond acceptors (Lipinski definition) is 9. The zero-order chi connectivity index (χ0) is 29.7. The Labute approximate surface area is 222 Å². The van der Waals surface area contributed by atoms with Gasteiger partial charge in [0.25, 0.3) is 0 Å². The SMILES string of the molecule is CC(=O)n1cc(C[C@H](N)C(=O)O)c2ccccc21.N[C@@H](CCC(=O)O)C(=O)O.N[C@@H](Cc1cnc[nH]1)C(=O)O. The van der Waals surface area contributed by atoms with Gasteiger partial charge in [0.15, 0.2) is 0 Å². The number of fused-ring (bicyclic) bond motifs is 1. The number of nitrogens with two attached hydrogens (primary N) is 3. The molecular formula is C24H32N6O9. The summed E-state index contributed by atoms with van der Waals surface area (Å²) in [4.78, 5) is 58.9. The minimum absolute atomic E-state index is 0.0231. The maximum Gasteiger partial charge on any atom is 0.320 e. The molecule has 3 rings (SSSR count). The molecule has 15 heteroatoms. The summed E-state index contributed by atoms with van der Waals surface area (Å²) in [6, 6.07) is 4.50. The van der Waals surface area contributed by atoms with Gasteiger partial charge < -0.3 is 42.6 Å². The van der Waals surface area contributed by atoms with Crippen molar-refractivity contribution in [3.8, 4) is 0 Å². The predicted octanol–water partition coefficient (Wildman–Crippen LogP) is -0.117. The Hall–Kier alpha value is -4.60. The molecule has 15 nitrogen and oxygen atoms in total. The van der Waals surface area contributed by atoms with Crippen LogP contribution in [-0.2, 0) is 32.0 Å². The molecule has 0 radical (unpaired) electrons. The number of aromatic nitrogens is 3. The van der Waals surface area contributed by atoms with Crippen LogP contribution in [0.15, 0.2) is 43.0 Å². The Bertz CT molecular complexity index is 1270. The van der Waals surface area contributed by atoms with Gasteiger partial charge in [0.1, 0.15) is 18.1 Å². The summed E-state index contributed by atoms with van der Waals surface area (Å²) in [5.74, 6) is -4.35. The lowest BCUT2D eigenvalue weighted by Gasteiger charge is -2.04. The van der Waals surface area contributed by atoms with Crippen LogP contribution in [-0.4, -0.2) is 82.9 Å². The molecule has 0 bridgehead atoms. The molecule has 3 aromatic rings. The van der Waals surface area contributed by atoms with E-state index in [1.165, 1.54) is 17.8 Å². The molecular weight excluding hydrogens is 516 g/mol. The second-order valence-electron chi connectivity index (χ2n) is 8.31. The molecule has 0 amide bonds. The number of nitrogens with one attached hydrogen (secondary N) is 1. The third-order valence-corrected chi connectivity index (χ3v) is 5.19. The van der Waals surface area contributed by atoms with Crippen LogP contribution in [0.3, 0.4) is 0 Å². The van der Waals surface area contributed by atoms with E-state index in [1.54, 1.807) is 12.4 Å². The average molecular weight is 549 g/mol. The van der Waals surface area contributed by atoms with Gasteiger partial charge >= 0.3 is 23.9 Å². The van der Waals surface area contributed by atoms with Crippen molar-refractivity contribution in [3.05, 3.63) is 54.2 Å². The highest BCUT2D eigenvalue weighted by molar-refractivity contribution is 5.94. The van der Waals surface area contributed by atoms with Gasteiger partial charge in [-0.25, -0.2) is 4.98 Å². The van der Waals surface area contributed by atoms with E-state index in [1.807, 2.05) is 24.3 Å². The number of aromatic amines is 1. The fourth-order valence-electron chi connectivity index (χ4n) is 3.12. The first-order chi connectivity index (χ1) is 18.2. The predicted molar refractivity (Wildman–Crippen MR) is 138 cm³/mol. The molecule has 11 N–H and O–H groups in total. The molecule has 39 heavy (non-hydrogen) atoms. The number of carboxylic acids is 4. The van der Waals surface area contributed by atoms with Gasteiger partial charge in [-0.05, 0) is 18.1 Å². The maximum atomic E-state index is 11.5. The Morgan fingerprint density at radius 2 is 1.46 bits per heavy atom. The van der Waals surface area contributed by atoms with Gasteiger partial charge in [0.2, 0.25) is 5.91 Å². The number of nitrogens with zero attached hydrogens (tertiary/aromatic N) is 2. The summed E-state index contributed by atoms with van der Waals surface area (Å²) < 4.78 is 1.51. The number of carbonyl (C=O) groups excluding carboxylic acids is 1. The molecule has 0 saturated carbocycles. The second kappa shape index (κ2) is 15.6. The highest BCUT2D eigenvalue weighted by atomic mass is 16.4. The second-order valence-corrected chi connectivity index (χ2v) is 8.31. The lowest BCUT2D eigenvalue weighted by atomic mass is 10.1. The zero-order valence-corrected chi connectivity index (χ0v) is 21.1. The quantitative estimate of drug-likeness (QED) is 0.164. The summed E-state index contributed by atoms with van der Waals surface area (Å²) in [5, 5.41) is 34.4. The van der Waals surface area contributed by atoms with E-state index in [0.29, 0.717) is 0 Å². The van der Waals surface area contributed by atoms with Gasteiger partial charge in [-0.2, -0.15) is 0 Å². The van der Waals surface area contributed by atoms with Crippen LogP contribution in [0.2, 0.25) is 0 Å². The van der Waals surface area contributed by atoms with Crippen LogP contribution in [0.4, 0.5) is 0 Å². The number of hydrogen-bond donors (Lipinski definition) is 8. The average Bonchev–Trinajstić information content (AvgIpc) is 3.51. The van der Waals surface area contributed by atoms with Gasteiger partial charge in [-0.15, -0.1) is 0 Å². The van der Waals surface area contributed by atoms with Gasteiger partial charge in [-0.1, -0.05) is 18.2 Å². The van der Waals surface area contributed by atoms with Gasteiger partial charge in [0, 0.05) is 49.7 Å². The van der Waals surface area contributed by atoms with Crippen molar-refractivity contribution in [2.24, 2.45) is 17.2 Å². The number of rotatable bonds is 10. The van der Waals surface area contributed by atoms with Crippen molar-refractivity contribution in [2.45, 2.75) is 50.7 Å². The lowest BCUT2D eigenvalue weighted by molar-refractivity contribution is -0.140. The molecule has 212 valence electrons. The summed E-state index contributed by atoms with van der Waals surface area (Å²) in [6.45, 7) is 1.47. The molecule has 0 unspecified atom stereocenters. The van der Waals surface area contributed by atoms with Crippen LogP contribution >= 0.6 is 0 Å². The van der Waals surface area contributed by atoms with Crippen LogP contribution in [0.5, 0.6) is 0 Å². The smallest absolute Gasteiger partial charge is 0.320 e. The number of imidazole rings is 1. The highest BCUT2D eigenvalue weighted by Gasteiger charge is 2.17. The van der Waals surface area contributed by atoms with Crippen LogP contribution in [0.1, 0.15) is 35.8 Å². The molecule has 1 aromatic carbocycles. The van der Waals surface area contributed by atoms with Crippen LogP contribution in [0, 0.1) is 0 Å². The number of aliphatic carboxylic acids is 4. The Morgan fingerprint density at radius 1 is 0.897 bits per heavy atom. The Balaban J connectivity index is 0.000000314. The normalized spacial score (nSPS) is 12.6. The van der Waals surface area contributed by atoms with Crippen LogP contribution in [0.25, 0.3) is 10.9 Å². The fraction of sp³-hybridized carbons (Fsp3) is 0.333. The number of carbonyl (C=O) groups is 5. The standard InChI is InChI=1S/C13H14N2O3.C6H9N3O2.C5H9NO4/c1-8(16)15-7-9(6-11(14)13(17)18)10-4-2-3-5-12(10)15;7-5(6(10)11)1-4-2-8-3-9-4;6-3(5(9)10)1-2-4(7)8/h2-5,7,11H,6,14H2,1H3,(H,17,18);2-3,5H,1,7H2,(H,8,9)(H,10,11);3H,1-2,6H2,(H,7,8)(H,9,10)/t11-;5-;3-/m000/s1. The minimum atomic E-state index is -1.17. The van der Waals surface area contributed by atoms with E-state index < -0.39 is 42.0 Å². The fourth-order valence-corrected chi connectivity index (χ4v) is 3.12. The first-order valence-corrected chi connectivity index (χ1v) is 11.5. The highest BCUT2D eigenvalue weighted by Crippen LogP contribution is 2.22. The first-order valence-electron chi connectivity index (χ1n) is 11.5. The van der Waals surface area contributed by atoms with E-state index >= 15 is 0 Å². The van der Waals surface area contributed by atoms with E-state index in [4.69, 9.17) is 37.6 Å². The van der Waals surface area contributed by atoms with E-state index in [-0.39, 0.29) is 31.6 Å². The van der Waals surface area contributed by atoms with Gasteiger partial charge in [-0.3, -0.25) is 28.5 Å². The van der Waals surface area contributed by atoms with Gasteiger partial charge in [0.05, 0.1) is 11.8 Å². The van der Waals surface area contributed by atoms with Crippen molar-refractivity contribution in [3.63, 3.8) is 0 Å². The molecule has 3 atom stereocenters. The number of carboxylic acid groups (broad SMARTS) is 4. The van der Waals surface area contributed by atoms with Crippen molar-refractivity contribution >= 4 is 40.7 Å². The summed E-state index contributed by atoms with van der Waals surface area (Å²) >= 11 is 0. The van der Waals surface area contributed by atoms with E-state index in [0.717, 1.165) is 22.2 Å². The third kappa shape index (κ3) is 11.1. The largest absolute Gasteiger partial charge is 0.481 e. The van der Waals surface area contributed by atoms with Crippen molar-refractivity contribution in [1.82, 2.24) is 14.5 Å². The Kier molecular flexibility index (Phi) is 13.0. The third-order valence-electron chi connectivity index (χ3n) is 5.19. The monoisotopic (exact) mass is 548 g/mol. The van der Waals surface area contributed by atoms with E-state index in [2.05, 4.69) is 9.97 Å². The lowest BCUT2D eigenvalue weighted by Crippen LogP contribution is -2.32. The Morgan fingerprint density at radius 3 is 1.95 bits per heavy atom. The van der Waals surface area contributed by atoms with Crippen molar-refractivity contribution in [1.29, 1.82) is 0 Å². The molecule has 0 aliphatic rings. The minimum Gasteiger partial charge on any atom is -0.481 e. The number of benzene rings is 1. The molecule has 0 fully saturated rings. The number of H-pyrrole nitrogens is 1. The van der Waals surface area contributed by atoms with Crippen LogP contribution < -0.4 is 17.2 Å². The molecule has 2 aromatic heterocycles. The molecule has 2 heterocycles. The molecule has 0 spiro atoms.